The van der Waals surface area contributed by atoms with Crippen LogP contribution in [0.2, 0.25) is 5.02 Å². The van der Waals surface area contributed by atoms with Crippen LogP contribution in [-0.2, 0) is 17.8 Å². The van der Waals surface area contributed by atoms with Gasteiger partial charge in [0, 0.05) is 32.8 Å². The summed E-state index contributed by atoms with van der Waals surface area (Å²) in [5.41, 5.74) is 2.21. The van der Waals surface area contributed by atoms with Gasteiger partial charge in [0.25, 0.3) is 5.91 Å². The Bertz CT molecular complexity index is 1670. The normalized spacial score (nSPS) is 13.4. The van der Waals surface area contributed by atoms with Crippen molar-refractivity contribution in [3.8, 4) is 11.3 Å². The number of aromatic carboxylic acids is 1. The molecule has 1 N–H and O–H groups in total. The van der Waals surface area contributed by atoms with Gasteiger partial charge in [-0.15, -0.1) is 11.3 Å². The van der Waals surface area contributed by atoms with Crippen molar-refractivity contribution in [2.45, 2.75) is 13.0 Å². The average Bonchev–Trinajstić information content (AvgIpc) is 3.58. The first-order valence-corrected chi connectivity index (χ1v) is 12.3. The molecule has 1 aliphatic heterocycles. The van der Waals surface area contributed by atoms with Crippen molar-refractivity contribution >= 4 is 57.3 Å². The summed E-state index contributed by atoms with van der Waals surface area (Å²) in [7, 11) is 0. The number of imide groups is 1. The lowest BCUT2D eigenvalue weighted by atomic mass is 10.0. The highest BCUT2D eigenvalue weighted by molar-refractivity contribution is 7.11. The Morgan fingerprint density at radius 1 is 1.08 bits per heavy atom. The number of carboxylic acid groups (broad SMARTS) is 1. The number of carboxylic acids is 1. The van der Waals surface area contributed by atoms with E-state index in [0.29, 0.717) is 37.7 Å². The highest BCUT2D eigenvalue weighted by Gasteiger charge is 2.40. The third kappa shape index (κ3) is 3.45. The maximum atomic E-state index is 13.9. The van der Waals surface area contributed by atoms with Gasteiger partial charge >= 0.3 is 5.97 Å². The number of hydrogen-bond acceptors (Lipinski definition) is 5. The number of carbonyl (C=O) groups excluding carboxylic acids is 2. The summed E-state index contributed by atoms with van der Waals surface area (Å²) < 4.78 is 7.12. The first kappa shape index (κ1) is 22.3. The van der Waals surface area contributed by atoms with Crippen molar-refractivity contribution < 1.29 is 23.9 Å². The maximum absolute atomic E-state index is 13.9. The summed E-state index contributed by atoms with van der Waals surface area (Å²) in [6.45, 7) is 0.234. The molecule has 0 atom stereocenters. The van der Waals surface area contributed by atoms with Crippen LogP contribution in [0.3, 0.4) is 0 Å². The predicted molar refractivity (Wildman–Crippen MR) is 137 cm³/mol. The number of rotatable bonds is 5. The first-order valence-electron chi connectivity index (χ1n) is 11.0. The minimum absolute atomic E-state index is 0.0215. The minimum atomic E-state index is -1.25. The number of amides is 2. The van der Waals surface area contributed by atoms with Gasteiger partial charge < -0.3 is 14.1 Å². The minimum Gasteiger partial charge on any atom is -0.477 e. The van der Waals surface area contributed by atoms with Crippen LogP contribution in [0, 0.1) is 0 Å². The van der Waals surface area contributed by atoms with Gasteiger partial charge in [0.05, 0.1) is 29.5 Å². The Balaban J connectivity index is 1.59. The van der Waals surface area contributed by atoms with Crippen molar-refractivity contribution in [1.29, 1.82) is 0 Å². The number of aromatic nitrogens is 1. The van der Waals surface area contributed by atoms with Gasteiger partial charge in [-0.2, -0.15) is 0 Å². The van der Waals surface area contributed by atoms with Crippen molar-refractivity contribution in [2.24, 2.45) is 0 Å². The number of hydrogen-bond donors (Lipinski definition) is 1. The SMILES string of the molecule is O=C(O)c1c(N2C(=O)Cc3scc(-c4ccco4)c3C2=O)c2cc(Cl)ccc2n1Cc1ccccc1. The highest BCUT2D eigenvalue weighted by Crippen LogP contribution is 2.42. The fourth-order valence-electron chi connectivity index (χ4n) is 4.73. The topological polar surface area (TPSA) is 92.8 Å². The maximum Gasteiger partial charge on any atom is 0.354 e. The standard InChI is InChI=1S/C27H17ClN2O5S/c28-16-8-9-19-17(11-16)24(25(27(33)34)29(19)13-15-5-2-1-3-6-15)30-22(31)12-21-23(26(30)32)18(14-36-21)20-7-4-10-35-20/h1-11,14H,12-13H2,(H,33,34). The summed E-state index contributed by atoms with van der Waals surface area (Å²) in [6, 6.07) is 17.8. The second-order valence-corrected chi connectivity index (χ2v) is 9.77. The fraction of sp³-hybridized carbons (Fsp3) is 0.0741. The second kappa shape index (κ2) is 8.51. The van der Waals surface area contributed by atoms with E-state index in [4.69, 9.17) is 16.0 Å². The number of carbonyl (C=O) groups is 3. The van der Waals surface area contributed by atoms with Gasteiger partial charge in [-0.3, -0.25) is 9.59 Å². The number of furan rings is 1. The smallest absolute Gasteiger partial charge is 0.354 e. The van der Waals surface area contributed by atoms with E-state index in [1.165, 1.54) is 17.6 Å². The molecule has 1 aliphatic rings. The molecule has 7 nitrogen and oxygen atoms in total. The summed E-state index contributed by atoms with van der Waals surface area (Å²) in [6.07, 6.45) is 1.48. The van der Waals surface area contributed by atoms with Gasteiger partial charge in [-0.1, -0.05) is 41.9 Å². The summed E-state index contributed by atoms with van der Waals surface area (Å²) in [5.74, 6) is -1.84. The van der Waals surface area contributed by atoms with Crippen molar-refractivity contribution in [2.75, 3.05) is 4.90 Å². The van der Waals surface area contributed by atoms with Crippen LogP contribution in [0.4, 0.5) is 5.69 Å². The molecule has 0 saturated carbocycles. The van der Waals surface area contributed by atoms with E-state index in [9.17, 15) is 19.5 Å². The largest absolute Gasteiger partial charge is 0.477 e. The molecule has 0 bridgehead atoms. The van der Waals surface area contributed by atoms with E-state index >= 15 is 0 Å². The number of halogens is 1. The van der Waals surface area contributed by atoms with E-state index in [-0.39, 0.29) is 24.3 Å². The average molecular weight is 517 g/mol. The second-order valence-electron chi connectivity index (χ2n) is 8.37. The zero-order valence-corrected chi connectivity index (χ0v) is 20.2. The number of fused-ring (bicyclic) bond motifs is 2. The molecule has 9 heteroatoms. The van der Waals surface area contributed by atoms with Gasteiger partial charge in [-0.25, -0.2) is 9.69 Å². The molecular weight excluding hydrogens is 500 g/mol. The monoisotopic (exact) mass is 516 g/mol. The molecule has 0 aliphatic carbocycles. The molecule has 3 aromatic heterocycles. The molecule has 5 aromatic rings. The van der Waals surface area contributed by atoms with E-state index in [2.05, 4.69) is 0 Å². The molecule has 36 heavy (non-hydrogen) atoms. The number of benzene rings is 2. The molecule has 0 saturated heterocycles. The zero-order valence-electron chi connectivity index (χ0n) is 18.6. The number of nitrogens with zero attached hydrogens (tertiary/aromatic N) is 2. The molecule has 178 valence electrons. The lowest BCUT2D eigenvalue weighted by Crippen LogP contribution is -2.42. The summed E-state index contributed by atoms with van der Waals surface area (Å²) >= 11 is 7.61. The van der Waals surface area contributed by atoms with E-state index in [0.717, 1.165) is 10.5 Å². The highest BCUT2D eigenvalue weighted by atomic mass is 35.5. The molecule has 6 rings (SSSR count). The summed E-state index contributed by atoms with van der Waals surface area (Å²) in [5, 5.41) is 12.9. The molecule has 2 amide bonds. The van der Waals surface area contributed by atoms with Gasteiger partial charge in [0.15, 0.2) is 5.69 Å². The Kier molecular flexibility index (Phi) is 5.28. The molecule has 4 heterocycles. The third-order valence-corrected chi connectivity index (χ3v) is 7.46. The number of anilines is 1. The van der Waals surface area contributed by atoms with Crippen LogP contribution in [0.1, 0.15) is 31.3 Å². The Labute approximate surface area is 213 Å². The molecule has 0 unspecified atom stereocenters. The van der Waals surface area contributed by atoms with E-state index in [1.807, 2.05) is 30.3 Å². The molecular formula is C27H17ClN2O5S. The first-order chi connectivity index (χ1) is 17.4. The predicted octanol–water partition coefficient (Wildman–Crippen LogP) is 6.09. The lowest BCUT2D eigenvalue weighted by Gasteiger charge is -2.26. The van der Waals surface area contributed by atoms with Crippen LogP contribution < -0.4 is 4.90 Å². The van der Waals surface area contributed by atoms with Gasteiger partial charge in [0.1, 0.15) is 5.76 Å². The number of thiophene rings is 1. The van der Waals surface area contributed by atoms with Crippen LogP contribution in [0.25, 0.3) is 22.2 Å². The van der Waals surface area contributed by atoms with Crippen LogP contribution in [0.15, 0.2) is 76.7 Å². The van der Waals surface area contributed by atoms with Crippen LogP contribution in [-0.4, -0.2) is 27.5 Å². The van der Waals surface area contributed by atoms with Crippen LogP contribution >= 0.6 is 22.9 Å². The van der Waals surface area contributed by atoms with Gasteiger partial charge in [-0.05, 0) is 35.9 Å². The van der Waals surface area contributed by atoms with Gasteiger partial charge in [0.2, 0.25) is 5.91 Å². The molecule has 0 fully saturated rings. The Hall–Kier alpha value is -4.14. The third-order valence-electron chi connectivity index (χ3n) is 6.24. The molecule has 0 radical (unpaired) electrons. The zero-order chi connectivity index (χ0) is 25.0. The van der Waals surface area contributed by atoms with Crippen LogP contribution in [0.5, 0.6) is 0 Å². The van der Waals surface area contributed by atoms with E-state index in [1.54, 1.807) is 40.3 Å². The summed E-state index contributed by atoms with van der Waals surface area (Å²) in [4.78, 5) is 41.6. The van der Waals surface area contributed by atoms with Crippen molar-refractivity contribution in [1.82, 2.24) is 4.57 Å². The lowest BCUT2D eigenvalue weighted by molar-refractivity contribution is -0.117. The Morgan fingerprint density at radius 3 is 2.61 bits per heavy atom. The quantitative estimate of drug-likeness (QED) is 0.285. The Morgan fingerprint density at radius 2 is 1.89 bits per heavy atom. The van der Waals surface area contributed by atoms with Crippen molar-refractivity contribution in [3.05, 3.63) is 99.0 Å². The van der Waals surface area contributed by atoms with Crippen molar-refractivity contribution in [3.63, 3.8) is 0 Å². The molecule has 2 aromatic carbocycles. The molecule has 0 spiro atoms. The fourth-order valence-corrected chi connectivity index (χ4v) is 5.91. The van der Waals surface area contributed by atoms with E-state index < -0.39 is 17.8 Å².